The van der Waals surface area contributed by atoms with Crippen molar-refractivity contribution < 1.29 is 14.1 Å². The Morgan fingerprint density at radius 1 is 1.10 bits per heavy atom. The van der Waals surface area contributed by atoms with E-state index in [-0.39, 0.29) is 18.3 Å². The minimum Gasteiger partial charge on any atom is -0.497 e. The van der Waals surface area contributed by atoms with E-state index in [1.807, 2.05) is 41.3 Å². The number of nitrogens with zero attached hydrogens (tertiary/aromatic N) is 3. The van der Waals surface area contributed by atoms with E-state index in [0.717, 1.165) is 24.5 Å². The number of aromatic nitrogens is 1. The molecule has 0 unspecified atom stereocenters. The Morgan fingerprint density at radius 2 is 1.83 bits per heavy atom. The lowest BCUT2D eigenvalue weighted by Crippen LogP contribution is -2.49. The summed E-state index contributed by atoms with van der Waals surface area (Å²) in [7, 11) is 1.66. The molecule has 0 aliphatic carbocycles. The van der Waals surface area contributed by atoms with E-state index in [1.165, 1.54) is 0 Å². The van der Waals surface area contributed by atoms with Crippen LogP contribution in [0, 0.1) is 6.92 Å². The number of carbonyl (C=O) groups excluding carboxylic acids is 1. The summed E-state index contributed by atoms with van der Waals surface area (Å²) in [5, 5.41) is 4.65. The molecule has 0 radical (unpaired) electrons. The van der Waals surface area contributed by atoms with E-state index in [1.54, 1.807) is 20.1 Å². The Labute approximate surface area is 186 Å². The maximum Gasteiger partial charge on any atom is 0.259 e. The van der Waals surface area contributed by atoms with Crippen molar-refractivity contribution in [1.29, 1.82) is 0 Å². The fraction of sp³-hybridized carbons (Fsp3) is 0.273. The summed E-state index contributed by atoms with van der Waals surface area (Å²) < 4.78 is 10.7. The highest BCUT2D eigenvalue weighted by Gasteiger charge is 2.29. The summed E-state index contributed by atoms with van der Waals surface area (Å²) >= 11 is 6.32. The number of amides is 1. The van der Waals surface area contributed by atoms with Crippen molar-refractivity contribution in [3.63, 3.8) is 0 Å². The molecule has 0 saturated carbocycles. The molecule has 1 aromatic heterocycles. The maximum atomic E-state index is 13.3. The van der Waals surface area contributed by atoms with E-state index in [9.17, 15) is 4.79 Å². The van der Waals surface area contributed by atoms with Crippen molar-refractivity contribution in [2.45, 2.75) is 6.92 Å². The second-order valence-corrected chi connectivity index (χ2v) is 7.33. The first-order chi connectivity index (χ1) is 14.1. The van der Waals surface area contributed by atoms with E-state index in [2.05, 4.69) is 16.1 Å². The van der Waals surface area contributed by atoms with Gasteiger partial charge in [0, 0.05) is 43.5 Å². The van der Waals surface area contributed by atoms with Crippen molar-refractivity contribution in [3.8, 4) is 17.0 Å². The zero-order valence-electron chi connectivity index (χ0n) is 16.8. The molecule has 1 aliphatic heterocycles. The monoisotopic (exact) mass is 447 g/mol. The SMILES string of the molecule is COc1cccc(N2CCN(C(=O)c3c(-c4ccccc4Cl)noc3C)CC2)c1.Cl. The summed E-state index contributed by atoms with van der Waals surface area (Å²) in [5.74, 6) is 1.24. The van der Waals surface area contributed by atoms with E-state index in [0.29, 0.717) is 40.7 Å². The lowest BCUT2D eigenvalue weighted by atomic mass is 10.0. The van der Waals surface area contributed by atoms with Gasteiger partial charge in [0.25, 0.3) is 5.91 Å². The summed E-state index contributed by atoms with van der Waals surface area (Å²) in [4.78, 5) is 17.4. The molecular formula is C22H23Cl2N3O3. The number of anilines is 1. The molecule has 1 saturated heterocycles. The van der Waals surface area contributed by atoms with Crippen LogP contribution in [0.3, 0.4) is 0 Å². The fourth-order valence-corrected chi connectivity index (χ4v) is 3.82. The predicted octanol–water partition coefficient (Wildman–Crippen LogP) is 4.70. The fourth-order valence-electron chi connectivity index (χ4n) is 3.59. The Morgan fingerprint density at radius 3 is 2.53 bits per heavy atom. The number of methoxy groups -OCH3 is 1. The molecule has 6 nitrogen and oxygen atoms in total. The number of hydrogen-bond donors (Lipinski definition) is 0. The average Bonchev–Trinajstić information content (AvgIpc) is 3.15. The van der Waals surface area contributed by atoms with Crippen LogP contribution in [-0.2, 0) is 0 Å². The van der Waals surface area contributed by atoms with Crippen LogP contribution in [-0.4, -0.2) is 49.3 Å². The van der Waals surface area contributed by atoms with Gasteiger partial charge in [-0.25, -0.2) is 0 Å². The largest absolute Gasteiger partial charge is 0.497 e. The highest BCUT2D eigenvalue weighted by molar-refractivity contribution is 6.33. The number of carbonyl (C=O) groups is 1. The number of halogens is 2. The molecule has 0 N–H and O–H groups in total. The minimum absolute atomic E-state index is 0. The molecule has 0 atom stereocenters. The topological polar surface area (TPSA) is 58.8 Å². The Kier molecular flexibility index (Phi) is 6.90. The van der Waals surface area contributed by atoms with Crippen molar-refractivity contribution in [2.24, 2.45) is 0 Å². The van der Waals surface area contributed by atoms with Crippen molar-refractivity contribution in [3.05, 3.63) is 64.9 Å². The molecule has 1 aliphatic rings. The number of benzene rings is 2. The standard InChI is InChI=1S/C22H22ClN3O3.ClH/c1-15-20(21(24-29-15)18-8-3-4-9-19(18)23)22(27)26-12-10-25(11-13-26)16-6-5-7-17(14-16)28-2;/h3-9,14H,10-13H2,1-2H3;1H. The van der Waals surface area contributed by atoms with Gasteiger partial charge in [0.2, 0.25) is 0 Å². The second-order valence-electron chi connectivity index (χ2n) is 6.92. The molecule has 0 spiro atoms. The number of ether oxygens (including phenoxy) is 1. The number of aryl methyl sites for hydroxylation is 1. The lowest BCUT2D eigenvalue weighted by Gasteiger charge is -2.36. The summed E-state index contributed by atoms with van der Waals surface area (Å²) in [6.07, 6.45) is 0. The van der Waals surface area contributed by atoms with E-state index >= 15 is 0 Å². The molecule has 2 aromatic carbocycles. The summed E-state index contributed by atoms with van der Waals surface area (Å²) in [5.41, 5.74) is 2.76. The first-order valence-electron chi connectivity index (χ1n) is 9.48. The van der Waals surface area contributed by atoms with Gasteiger partial charge in [-0.3, -0.25) is 4.79 Å². The van der Waals surface area contributed by atoms with Crippen LogP contribution in [0.25, 0.3) is 11.3 Å². The van der Waals surface area contributed by atoms with Crippen LogP contribution in [0.1, 0.15) is 16.1 Å². The molecule has 0 bridgehead atoms. The maximum absolute atomic E-state index is 13.3. The van der Waals surface area contributed by atoms with Gasteiger partial charge < -0.3 is 19.1 Å². The highest BCUT2D eigenvalue weighted by atomic mass is 35.5. The lowest BCUT2D eigenvalue weighted by molar-refractivity contribution is 0.0745. The average molecular weight is 448 g/mol. The first kappa shape index (κ1) is 22.0. The highest BCUT2D eigenvalue weighted by Crippen LogP contribution is 2.32. The molecule has 3 aromatic rings. The van der Waals surface area contributed by atoms with Gasteiger partial charge in [0.05, 0.1) is 12.1 Å². The number of piperazine rings is 1. The molecular weight excluding hydrogens is 425 g/mol. The molecule has 1 fully saturated rings. The van der Waals surface area contributed by atoms with Crippen LogP contribution >= 0.6 is 24.0 Å². The minimum atomic E-state index is -0.0797. The van der Waals surface area contributed by atoms with E-state index in [4.69, 9.17) is 20.9 Å². The van der Waals surface area contributed by atoms with Crippen molar-refractivity contribution in [1.82, 2.24) is 10.1 Å². The van der Waals surface area contributed by atoms with Gasteiger partial charge in [-0.05, 0) is 25.1 Å². The normalized spacial score (nSPS) is 13.7. The van der Waals surface area contributed by atoms with Gasteiger partial charge >= 0.3 is 0 Å². The molecule has 4 rings (SSSR count). The van der Waals surface area contributed by atoms with Gasteiger partial charge in [0.15, 0.2) is 0 Å². The third-order valence-corrected chi connectivity index (χ3v) is 5.52. The Balaban J connectivity index is 0.00000256. The molecule has 158 valence electrons. The zero-order valence-corrected chi connectivity index (χ0v) is 18.4. The van der Waals surface area contributed by atoms with Crippen molar-refractivity contribution >= 4 is 35.6 Å². The quantitative estimate of drug-likeness (QED) is 0.580. The van der Waals surface area contributed by atoms with Crippen molar-refractivity contribution in [2.75, 3.05) is 38.2 Å². The first-order valence-corrected chi connectivity index (χ1v) is 9.85. The molecule has 1 amide bonds. The molecule has 2 heterocycles. The molecule has 8 heteroatoms. The Hall–Kier alpha value is -2.70. The van der Waals surface area contributed by atoms with Gasteiger partial charge in [-0.15, -0.1) is 12.4 Å². The smallest absolute Gasteiger partial charge is 0.259 e. The second kappa shape index (κ2) is 9.41. The van der Waals surface area contributed by atoms with Gasteiger partial charge in [0.1, 0.15) is 22.8 Å². The van der Waals surface area contributed by atoms with Crippen LogP contribution in [0.2, 0.25) is 5.02 Å². The summed E-state index contributed by atoms with van der Waals surface area (Å²) in [6, 6.07) is 15.3. The Bertz CT molecular complexity index is 1030. The van der Waals surface area contributed by atoms with Gasteiger partial charge in [-0.1, -0.05) is 41.0 Å². The van der Waals surface area contributed by atoms with Crippen LogP contribution < -0.4 is 9.64 Å². The van der Waals surface area contributed by atoms with E-state index < -0.39 is 0 Å². The van der Waals surface area contributed by atoms with Gasteiger partial charge in [-0.2, -0.15) is 0 Å². The van der Waals surface area contributed by atoms with Crippen LogP contribution in [0.15, 0.2) is 53.1 Å². The zero-order chi connectivity index (χ0) is 20.4. The van der Waals surface area contributed by atoms with Crippen LogP contribution in [0.4, 0.5) is 5.69 Å². The van der Waals surface area contributed by atoms with Crippen LogP contribution in [0.5, 0.6) is 5.75 Å². The summed E-state index contributed by atoms with van der Waals surface area (Å²) in [6.45, 7) is 4.47. The molecule has 30 heavy (non-hydrogen) atoms. The third-order valence-electron chi connectivity index (χ3n) is 5.19. The predicted molar refractivity (Wildman–Crippen MR) is 120 cm³/mol. The third kappa shape index (κ3) is 4.25. The number of rotatable bonds is 4. The number of hydrogen-bond acceptors (Lipinski definition) is 5.